The third-order valence-electron chi connectivity index (χ3n) is 4.57. The molecular weight excluding hydrogens is 324 g/mol. The van der Waals surface area contributed by atoms with Gasteiger partial charge in [0.05, 0.1) is 0 Å². The molecule has 1 aromatic rings. The standard InChI is InChI=1S/C19H31F2N3O/c1-4-6-23(7-5-2)12-13-25-16-14-17(20)19(18(21)15-16)24-10-8-22(3)9-11-24/h14-15H,4-13H2,1-3H3. The molecule has 0 amide bonds. The van der Waals surface area contributed by atoms with Crippen LogP contribution in [0.1, 0.15) is 26.7 Å². The first-order chi connectivity index (χ1) is 12.0. The summed E-state index contributed by atoms with van der Waals surface area (Å²) in [5.41, 5.74) is 0.0686. The van der Waals surface area contributed by atoms with Crippen LogP contribution in [0.4, 0.5) is 14.5 Å². The lowest BCUT2D eigenvalue weighted by atomic mass is 10.2. The van der Waals surface area contributed by atoms with E-state index in [1.807, 2.05) is 7.05 Å². The highest BCUT2D eigenvalue weighted by Gasteiger charge is 2.22. The van der Waals surface area contributed by atoms with Crippen molar-refractivity contribution in [3.63, 3.8) is 0 Å². The molecule has 0 atom stereocenters. The van der Waals surface area contributed by atoms with Crippen LogP contribution in [0.25, 0.3) is 0 Å². The number of hydrogen-bond donors (Lipinski definition) is 0. The van der Waals surface area contributed by atoms with Crippen LogP contribution in [0.3, 0.4) is 0 Å². The Bertz CT molecular complexity index is 504. The summed E-state index contributed by atoms with van der Waals surface area (Å²) in [6.07, 6.45) is 2.17. The summed E-state index contributed by atoms with van der Waals surface area (Å²) in [5.74, 6) is -0.821. The van der Waals surface area contributed by atoms with Gasteiger partial charge in [0.25, 0.3) is 0 Å². The van der Waals surface area contributed by atoms with Crippen molar-refractivity contribution in [3.8, 4) is 5.75 Å². The summed E-state index contributed by atoms with van der Waals surface area (Å²) in [7, 11) is 2.02. The summed E-state index contributed by atoms with van der Waals surface area (Å²) < 4.78 is 34.5. The van der Waals surface area contributed by atoms with Crippen molar-refractivity contribution in [1.82, 2.24) is 9.80 Å². The van der Waals surface area contributed by atoms with Crippen molar-refractivity contribution >= 4 is 5.69 Å². The lowest BCUT2D eigenvalue weighted by molar-refractivity contribution is 0.208. The zero-order chi connectivity index (χ0) is 18.2. The highest BCUT2D eigenvalue weighted by atomic mass is 19.1. The third kappa shape index (κ3) is 5.82. The van der Waals surface area contributed by atoms with E-state index in [9.17, 15) is 8.78 Å². The maximum Gasteiger partial charge on any atom is 0.153 e. The minimum absolute atomic E-state index is 0.0686. The molecule has 0 radical (unpaired) electrons. The second-order valence-electron chi connectivity index (χ2n) is 6.72. The van der Waals surface area contributed by atoms with Crippen molar-refractivity contribution in [2.45, 2.75) is 26.7 Å². The molecule has 1 aliphatic heterocycles. The summed E-state index contributed by atoms with van der Waals surface area (Å²) in [6.45, 7) is 10.4. The number of anilines is 1. The normalized spacial score (nSPS) is 15.8. The Balaban J connectivity index is 1.94. The quantitative estimate of drug-likeness (QED) is 0.677. The first-order valence-electron chi connectivity index (χ1n) is 9.32. The molecule has 1 heterocycles. The summed E-state index contributed by atoms with van der Waals surface area (Å²) >= 11 is 0. The van der Waals surface area contributed by atoms with Gasteiger partial charge in [0.15, 0.2) is 11.6 Å². The zero-order valence-corrected chi connectivity index (χ0v) is 15.7. The molecule has 142 valence electrons. The van der Waals surface area contributed by atoms with Gasteiger partial charge in [-0.05, 0) is 33.0 Å². The van der Waals surface area contributed by atoms with Gasteiger partial charge in [0.1, 0.15) is 18.0 Å². The van der Waals surface area contributed by atoms with Crippen LogP contribution in [0.5, 0.6) is 5.75 Å². The first-order valence-corrected chi connectivity index (χ1v) is 9.32. The van der Waals surface area contributed by atoms with E-state index in [0.717, 1.165) is 45.6 Å². The Kier molecular flexibility index (Phi) is 7.90. The molecule has 0 aliphatic carbocycles. The maximum absolute atomic E-state index is 14.4. The van der Waals surface area contributed by atoms with E-state index in [2.05, 4.69) is 23.6 Å². The first kappa shape index (κ1) is 19.9. The van der Waals surface area contributed by atoms with Gasteiger partial charge in [-0.15, -0.1) is 0 Å². The van der Waals surface area contributed by atoms with Crippen LogP contribution < -0.4 is 9.64 Å². The van der Waals surface area contributed by atoms with Crippen LogP contribution >= 0.6 is 0 Å². The van der Waals surface area contributed by atoms with Gasteiger partial charge in [-0.3, -0.25) is 4.90 Å². The fourth-order valence-electron chi connectivity index (χ4n) is 3.22. The number of likely N-dealkylation sites (N-methyl/N-ethyl adjacent to an activating group) is 1. The summed E-state index contributed by atoms with van der Waals surface area (Å²) in [6, 6.07) is 2.61. The van der Waals surface area contributed by atoms with Crippen molar-refractivity contribution in [2.75, 3.05) is 64.4 Å². The smallest absolute Gasteiger partial charge is 0.153 e. The number of nitrogens with zero attached hydrogens (tertiary/aromatic N) is 3. The molecule has 0 unspecified atom stereocenters. The molecule has 25 heavy (non-hydrogen) atoms. The molecule has 4 nitrogen and oxygen atoms in total. The predicted octanol–water partition coefficient (Wildman–Crippen LogP) is 3.22. The maximum atomic E-state index is 14.4. The average Bonchev–Trinajstić information content (AvgIpc) is 2.56. The average molecular weight is 355 g/mol. The van der Waals surface area contributed by atoms with E-state index < -0.39 is 11.6 Å². The second-order valence-corrected chi connectivity index (χ2v) is 6.72. The van der Waals surface area contributed by atoms with Gasteiger partial charge in [-0.25, -0.2) is 8.78 Å². The predicted molar refractivity (Wildman–Crippen MR) is 98.6 cm³/mol. The fourth-order valence-corrected chi connectivity index (χ4v) is 3.22. The summed E-state index contributed by atoms with van der Waals surface area (Å²) in [5, 5.41) is 0. The van der Waals surface area contributed by atoms with E-state index >= 15 is 0 Å². The van der Waals surface area contributed by atoms with Gasteiger partial charge in [0.2, 0.25) is 0 Å². The molecule has 0 N–H and O–H groups in total. The van der Waals surface area contributed by atoms with Gasteiger partial charge in [0, 0.05) is 44.9 Å². The Labute approximate surface area is 150 Å². The van der Waals surface area contributed by atoms with E-state index in [-0.39, 0.29) is 11.4 Å². The van der Waals surface area contributed by atoms with Gasteiger partial charge < -0.3 is 14.5 Å². The van der Waals surface area contributed by atoms with Crippen molar-refractivity contribution in [1.29, 1.82) is 0 Å². The third-order valence-corrected chi connectivity index (χ3v) is 4.57. The monoisotopic (exact) mass is 355 g/mol. The molecule has 1 saturated heterocycles. The minimum Gasteiger partial charge on any atom is -0.492 e. The van der Waals surface area contributed by atoms with E-state index in [0.29, 0.717) is 19.7 Å². The number of rotatable bonds is 9. The van der Waals surface area contributed by atoms with Gasteiger partial charge >= 0.3 is 0 Å². The minimum atomic E-state index is -0.543. The molecule has 0 aromatic heterocycles. The lowest BCUT2D eigenvalue weighted by Crippen LogP contribution is -2.45. The fraction of sp³-hybridized carbons (Fsp3) is 0.684. The highest BCUT2D eigenvalue weighted by molar-refractivity contribution is 5.52. The Morgan fingerprint density at radius 3 is 2.04 bits per heavy atom. The molecular formula is C19H31F2N3O. The molecule has 6 heteroatoms. The van der Waals surface area contributed by atoms with Crippen molar-refractivity contribution in [3.05, 3.63) is 23.8 Å². The number of benzene rings is 1. The van der Waals surface area contributed by atoms with E-state index in [4.69, 9.17) is 4.74 Å². The van der Waals surface area contributed by atoms with Crippen LogP contribution in [0.15, 0.2) is 12.1 Å². The highest BCUT2D eigenvalue weighted by Crippen LogP contribution is 2.29. The Morgan fingerprint density at radius 1 is 0.960 bits per heavy atom. The number of piperazine rings is 1. The van der Waals surface area contributed by atoms with Crippen LogP contribution in [0, 0.1) is 11.6 Å². The molecule has 0 saturated carbocycles. The number of halogens is 2. The molecule has 2 rings (SSSR count). The summed E-state index contributed by atoms with van der Waals surface area (Å²) in [4.78, 5) is 6.24. The van der Waals surface area contributed by atoms with Crippen molar-refractivity contribution in [2.24, 2.45) is 0 Å². The topological polar surface area (TPSA) is 19.0 Å². The Morgan fingerprint density at radius 2 is 1.52 bits per heavy atom. The van der Waals surface area contributed by atoms with E-state index in [1.54, 1.807) is 4.90 Å². The molecule has 1 fully saturated rings. The zero-order valence-electron chi connectivity index (χ0n) is 15.7. The molecule has 0 bridgehead atoms. The lowest BCUT2D eigenvalue weighted by Gasteiger charge is -2.34. The Hall–Kier alpha value is -1.40. The molecule has 1 aliphatic rings. The number of hydrogen-bond acceptors (Lipinski definition) is 4. The van der Waals surface area contributed by atoms with E-state index in [1.165, 1.54) is 12.1 Å². The molecule has 0 spiro atoms. The van der Waals surface area contributed by atoms with Crippen LogP contribution in [-0.4, -0.2) is 69.3 Å². The second kappa shape index (κ2) is 9.92. The SMILES string of the molecule is CCCN(CCC)CCOc1cc(F)c(N2CCN(C)CC2)c(F)c1. The largest absolute Gasteiger partial charge is 0.492 e. The van der Waals surface area contributed by atoms with Crippen molar-refractivity contribution < 1.29 is 13.5 Å². The van der Waals surface area contributed by atoms with Gasteiger partial charge in [-0.1, -0.05) is 13.8 Å². The van der Waals surface area contributed by atoms with Crippen LogP contribution in [-0.2, 0) is 0 Å². The number of ether oxygens (including phenoxy) is 1. The van der Waals surface area contributed by atoms with Crippen LogP contribution in [0.2, 0.25) is 0 Å². The van der Waals surface area contributed by atoms with Gasteiger partial charge in [-0.2, -0.15) is 0 Å². The molecule has 1 aromatic carbocycles.